The van der Waals surface area contributed by atoms with Gasteiger partial charge in [0.05, 0.1) is 17.1 Å². The summed E-state index contributed by atoms with van der Waals surface area (Å²) in [5.74, 6) is 0. The molecule has 0 aliphatic heterocycles. The van der Waals surface area contributed by atoms with E-state index in [1.807, 2.05) is 0 Å². The van der Waals surface area contributed by atoms with Crippen molar-refractivity contribution >= 4 is 17.7 Å². The van der Waals surface area contributed by atoms with Crippen molar-refractivity contribution in [1.82, 2.24) is 0 Å². The molecule has 0 saturated carbocycles. The Balaban J connectivity index is 3.12. The molecule has 0 aliphatic carbocycles. The number of carbonyl (C=O) groups excluding carboxylic acids is 1. The zero-order chi connectivity index (χ0) is 13.5. The number of rotatable bonds is 7. The van der Waals surface area contributed by atoms with E-state index in [9.17, 15) is 14.9 Å². The van der Waals surface area contributed by atoms with E-state index in [0.717, 1.165) is 0 Å². The van der Waals surface area contributed by atoms with Crippen LogP contribution in [0.5, 0.6) is 0 Å². The second-order valence-corrected chi connectivity index (χ2v) is 3.58. The first kappa shape index (κ1) is 13.9. The Hall–Kier alpha value is -2.21. The summed E-state index contributed by atoms with van der Waals surface area (Å²) < 4.78 is 0. The van der Waals surface area contributed by atoms with Gasteiger partial charge in [-0.05, 0) is 12.1 Å². The van der Waals surface area contributed by atoms with Gasteiger partial charge < -0.3 is 10.0 Å². The van der Waals surface area contributed by atoms with Crippen LogP contribution in [0.15, 0.2) is 30.9 Å². The molecule has 1 N–H and O–H groups in total. The van der Waals surface area contributed by atoms with E-state index in [1.54, 1.807) is 17.0 Å². The number of benzene rings is 1. The van der Waals surface area contributed by atoms with Crippen molar-refractivity contribution in [3.63, 3.8) is 0 Å². The Labute approximate surface area is 104 Å². The molecule has 1 rings (SSSR count). The van der Waals surface area contributed by atoms with Gasteiger partial charge in [0.1, 0.15) is 0 Å². The Kier molecular flexibility index (Phi) is 5.01. The van der Waals surface area contributed by atoms with Crippen molar-refractivity contribution < 1.29 is 14.8 Å². The summed E-state index contributed by atoms with van der Waals surface area (Å²) in [6.45, 7) is 4.39. The molecular formula is C12H14N2O4. The van der Waals surface area contributed by atoms with Crippen LogP contribution in [0.1, 0.15) is 10.4 Å². The first-order valence-electron chi connectivity index (χ1n) is 5.34. The molecule has 1 aromatic rings. The highest BCUT2D eigenvalue weighted by Crippen LogP contribution is 2.23. The predicted octanol–water partition coefficient (Wildman–Crippen LogP) is 1.39. The number of aldehydes is 1. The Morgan fingerprint density at radius 1 is 1.50 bits per heavy atom. The summed E-state index contributed by atoms with van der Waals surface area (Å²) >= 11 is 0. The molecule has 0 fully saturated rings. The molecule has 0 spiro atoms. The second kappa shape index (κ2) is 6.51. The molecule has 0 atom stereocenters. The largest absolute Gasteiger partial charge is 0.395 e. The number of anilines is 1. The second-order valence-electron chi connectivity index (χ2n) is 3.58. The molecule has 18 heavy (non-hydrogen) atoms. The summed E-state index contributed by atoms with van der Waals surface area (Å²) in [5, 5.41) is 19.6. The smallest absolute Gasteiger partial charge is 0.280 e. The van der Waals surface area contributed by atoms with Crippen molar-refractivity contribution in [2.75, 3.05) is 24.6 Å². The number of nitro groups is 1. The Morgan fingerprint density at radius 2 is 2.22 bits per heavy atom. The zero-order valence-electron chi connectivity index (χ0n) is 9.78. The number of nitro benzene ring substituents is 1. The minimum atomic E-state index is -0.600. The number of aliphatic hydroxyl groups is 1. The van der Waals surface area contributed by atoms with Crippen LogP contribution in [-0.2, 0) is 0 Å². The third kappa shape index (κ3) is 3.14. The van der Waals surface area contributed by atoms with Crippen LogP contribution in [0.2, 0.25) is 0 Å². The topological polar surface area (TPSA) is 83.7 Å². The Bertz CT molecular complexity index is 459. The molecule has 0 bridgehead atoms. The summed E-state index contributed by atoms with van der Waals surface area (Å²) in [5.41, 5.74) is 0.428. The van der Waals surface area contributed by atoms with Gasteiger partial charge in [-0.2, -0.15) is 0 Å². The van der Waals surface area contributed by atoms with Crippen molar-refractivity contribution in [2.24, 2.45) is 0 Å². The Morgan fingerprint density at radius 3 is 2.72 bits per heavy atom. The normalized spacial score (nSPS) is 9.83. The fourth-order valence-electron chi connectivity index (χ4n) is 1.60. The van der Waals surface area contributed by atoms with Gasteiger partial charge in [0, 0.05) is 24.8 Å². The van der Waals surface area contributed by atoms with Crippen molar-refractivity contribution in [1.29, 1.82) is 0 Å². The summed E-state index contributed by atoms with van der Waals surface area (Å²) in [4.78, 5) is 22.7. The van der Waals surface area contributed by atoms with Crippen LogP contribution in [-0.4, -0.2) is 36.0 Å². The first-order chi connectivity index (χ1) is 8.63. The van der Waals surface area contributed by atoms with Gasteiger partial charge in [0.2, 0.25) is 0 Å². The lowest BCUT2D eigenvalue weighted by Gasteiger charge is -2.22. The van der Waals surface area contributed by atoms with E-state index in [2.05, 4.69) is 6.58 Å². The molecule has 96 valence electrons. The van der Waals surface area contributed by atoms with Gasteiger partial charge in [-0.1, -0.05) is 6.08 Å². The van der Waals surface area contributed by atoms with Crippen LogP contribution in [0.25, 0.3) is 0 Å². The molecule has 0 amide bonds. The van der Waals surface area contributed by atoms with Gasteiger partial charge in [-0.25, -0.2) is 0 Å². The quantitative estimate of drug-likeness (QED) is 0.342. The SMILES string of the molecule is C=CCN(CCO)c1ccc([N+](=O)[O-])c(C=O)c1. The minimum Gasteiger partial charge on any atom is -0.395 e. The van der Waals surface area contributed by atoms with Crippen LogP contribution in [0.3, 0.4) is 0 Å². The first-order valence-corrected chi connectivity index (χ1v) is 5.34. The van der Waals surface area contributed by atoms with E-state index in [-0.39, 0.29) is 17.9 Å². The fraction of sp³-hybridized carbons (Fsp3) is 0.250. The molecule has 0 aliphatic rings. The maximum Gasteiger partial charge on any atom is 0.280 e. The molecule has 0 saturated heterocycles. The summed E-state index contributed by atoms with van der Waals surface area (Å²) in [6, 6.07) is 4.26. The third-order valence-electron chi connectivity index (χ3n) is 2.42. The van der Waals surface area contributed by atoms with Crippen LogP contribution >= 0.6 is 0 Å². The van der Waals surface area contributed by atoms with Gasteiger partial charge >= 0.3 is 0 Å². The average molecular weight is 250 g/mol. The number of carbonyl (C=O) groups is 1. The fourth-order valence-corrected chi connectivity index (χ4v) is 1.60. The number of nitrogens with zero attached hydrogens (tertiary/aromatic N) is 2. The highest BCUT2D eigenvalue weighted by Gasteiger charge is 2.15. The van der Waals surface area contributed by atoms with Crippen LogP contribution in [0, 0.1) is 10.1 Å². The average Bonchev–Trinajstić information content (AvgIpc) is 2.37. The minimum absolute atomic E-state index is 0.0181. The molecular weight excluding hydrogens is 236 g/mol. The lowest BCUT2D eigenvalue weighted by atomic mass is 10.1. The highest BCUT2D eigenvalue weighted by molar-refractivity contribution is 5.83. The molecule has 6 heteroatoms. The summed E-state index contributed by atoms with van der Waals surface area (Å²) in [7, 11) is 0. The zero-order valence-corrected chi connectivity index (χ0v) is 9.78. The monoisotopic (exact) mass is 250 g/mol. The van der Waals surface area contributed by atoms with Gasteiger partial charge in [-0.15, -0.1) is 6.58 Å². The molecule has 1 aromatic carbocycles. The number of hydrogen-bond acceptors (Lipinski definition) is 5. The van der Waals surface area contributed by atoms with Gasteiger partial charge in [0.25, 0.3) is 5.69 Å². The van der Waals surface area contributed by atoms with E-state index in [4.69, 9.17) is 5.11 Å². The van der Waals surface area contributed by atoms with E-state index >= 15 is 0 Å². The number of hydrogen-bond donors (Lipinski definition) is 1. The van der Waals surface area contributed by atoms with Crippen molar-refractivity contribution in [3.8, 4) is 0 Å². The third-order valence-corrected chi connectivity index (χ3v) is 2.42. The van der Waals surface area contributed by atoms with Crippen LogP contribution in [0.4, 0.5) is 11.4 Å². The van der Waals surface area contributed by atoms with E-state index in [1.165, 1.54) is 12.1 Å². The maximum atomic E-state index is 10.8. The lowest BCUT2D eigenvalue weighted by Crippen LogP contribution is -2.26. The maximum absolute atomic E-state index is 10.8. The van der Waals surface area contributed by atoms with Crippen molar-refractivity contribution in [3.05, 3.63) is 46.5 Å². The molecule has 0 radical (unpaired) electrons. The molecule has 6 nitrogen and oxygen atoms in total. The highest BCUT2D eigenvalue weighted by atomic mass is 16.6. The lowest BCUT2D eigenvalue weighted by molar-refractivity contribution is -0.385. The molecule has 0 unspecified atom stereocenters. The summed E-state index contributed by atoms with van der Waals surface area (Å²) in [6.07, 6.45) is 2.10. The van der Waals surface area contributed by atoms with E-state index < -0.39 is 4.92 Å². The van der Waals surface area contributed by atoms with Gasteiger partial charge in [-0.3, -0.25) is 14.9 Å². The van der Waals surface area contributed by atoms with Crippen LogP contribution < -0.4 is 4.90 Å². The standard InChI is InChI=1S/C12H14N2O4/c1-2-5-13(6-7-15)11-3-4-12(14(17)18)10(8-11)9-16/h2-4,8-9,15H,1,5-7H2. The van der Waals surface area contributed by atoms with Crippen molar-refractivity contribution in [2.45, 2.75) is 0 Å². The molecule has 0 aromatic heterocycles. The van der Waals surface area contributed by atoms with Gasteiger partial charge in [0.15, 0.2) is 6.29 Å². The van der Waals surface area contributed by atoms with E-state index in [0.29, 0.717) is 25.1 Å². The number of aliphatic hydroxyl groups excluding tert-OH is 1. The molecule has 0 heterocycles. The predicted molar refractivity (Wildman–Crippen MR) is 68.0 cm³/mol.